The maximum Gasteiger partial charge on any atom is 0.145 e. The molecule has 2 rings (SSSR count). The molecule has 0 aromatic carbocycles. The average Bonchev–Trinajstić information content (AvgIpc) is 2.45. The van der Waals surface area contributed by atoms with E-state index in [1.807, 2.05) is 6.07 Å². The van der Waals surface area contributed by atoms with Crippen LogP contribution in [0.15, 0.2) is 6.07 Å². The quantitative estimate of drug-likeness (QED) is 0.585. The van der Waals surface area contributed by atoms with Crippen LogP contribution < -0.4 is 16.6 Å². The van der Waals surface area contributed by atoms with E-state index in [0.717, 1.165) is 18.2 Å². The molecule has 0 unspecified atom stereocenters. The highest BCUT2D eigenvalue weighted by Gasteiger charge is 2.27. The molecule has 0 radical (unpaired) electrons. The second kappa shape index (κ2) is 6.18. The van der Waals surface area contributed by atoms with Crippen LogP contribution in [-0.2, 0) is 5.41 Å². The summed E-state index contributed by atoms with van der Waals surface area (Å²) < 4.78 is 0. The molecule has 4 N–H and O–H groups in total. The van der Waals surface area contributed by atoms with Gasteiger partial charge in [0.2, 0.25) is 0 Å². The van der Waals surface area contributed by atoms with Crippen molar-refractivity contribution in [2.24, 2.45) is 11.3 Å². The Morgan fingerprint density at radius 3 is 2.33 bits per heavy atom. The molecule has 0 saturated heterocycles. The molecule has 0 aliphatic heterocycles. The van der Waals surface area contributed by atoms with Crippen LogP contribution in [0.25, 0.3) is 0 Å². The summed E-state index contributed by atoms with van der Waals surface area (Å²) in [5.41, 5.74) is 2.91. The summed E-state index contributed by atoms with van der Waals surface area (Å²) in [7, 11) is 0. The van der Waals surface area contributed by atoms with Gasteiger partial charge in [-0.3, -0.25) is 0 Å². The molecular weight excluding hydrogens is 262 g/mol. The Morgan fingerprint density at radius 1 is 1.14 bits per heavy atom. The number of hydrogen-bond acceptors (Lipinski definition) is 5. The lowest BCUT2D eigenvalue weighted by atomic mass is 9.76. The monoisotopic (exact) mass is 291 g/mol. The third kappa shape index (κ3) is 4.30. The Morgan fingerprint density at radius 2 is 1.76 bits per heavy atom. The fourth-order valence-electron chi connectivity index (χ4n) is 2.83. The maximum atomic E-state index is 5.53. The Bertz CT molecular complexity index is 472. The average molecular weight is 291 g/mol. The summed E-state index contributed by atoms with van der Waals surface area (Å²) in [6, 6.07) is 1.88. The topological polar surface area (TPSA) is 75.9 Å². The summed E-state index contributed by atoms with van der Waals surface area (Å²) in [5, 5.41) is 3.50. The van der Waals surface area contributed by atoms with E-state index in [-0.39, 0.29) is 5.41 Å². The largest absolute Gasteiger partial charge is 0.369 e. The first kappa shape index (κ1) is 16.0. The first-order valence-electron chi connectivity index (χ1n) is 7.92. The molecule has 1 aromatic heterocycles. The summed E-state index contributed by atoms with van der Waals surface area (Å²) in [4.78, 5) is 9.10. The summed E-state index contributed by atoms with van der Waals surface area (Å²) in [6.45, 7) is 9.64. The Hall–Kier alpha value is -1.36. The van der Waals surface area contributed by atoms with Crippen LogP contribution >= 0.6 is 0 Å². The van der Waals surface area contributed by atoms with Crippen molar-refractivity contribution in [2.45, 2.75) is 65.2 Å². The standard InChI is InChI=1S/C16H29N5/c1-15(2,3)14-19-12(10-13(20-14)21-17)18-11-16(4)8-6-5-7-9-16/h10H,5-9,11,17H2,1-4H3,(H2,18,19,20,21). The van der Waals surface area contributed by atoms with Gasteiger partial charge >= 0.3 is 0 Å². The first-order valence-corrected chi connectivity index (χ1v) is 7.92. The van der Waals surface area contributed by atoms with Crippen LogP contribution in [0.4, 0.5) is 11.6 Å². The van der Waals surface area contributed by atoms with Crippen molar-refractivity contribution in [1.82, 2.24) is 9.97 Å². The number of nitrogens with two attached hydrogens (primary N) is 1. The number of nitrogen functional groups attached to an aromatic ring is 1. The van der Waals surface area contributed by atoms with Gasteiger partial charge in [0, 0.05) is 18.0 Å². The third-order valence-electron chi connectivity index (χ3n) is 4.30. The van der Waals surface area contributed by atoms with Gasteiger partial charge in [-0.25, -0.2) is 15.8 Å². The van der Waals surface area contributed by atoms with Crippen LogP contribution in [0.5, 0.6) is 0 Å². The smallest absolute Gasteiger partial charge is 0.145 e. The van der Waals surface area contributed by atoms with E-state index in [1.54, 1.807) is 0 Å². The second-order valence-electron chi connectivity index (χ2n) is 7.58. The molecule has 1 fully saturated rings. The molecule has 5 heteroatoms. The van der Waals surface area contributed by atoms with E-state index in [2.05, 4.69) is 48.4 Å². The number of rotatable bonds is 4. The molecule has 0 bridgehead atoms. The number of nitrogens with one attached hydrogen (secondary N) is 2. The lowest BCUT2D eigenvalue weighted by Crippen LogP contribution is -2.29. The van der Waals surface area contributed by atoms with E-state index < -0.39 is 0 Å². The number of nitrogens with zero attached hydrogens (tertiary/aromatic N) is 2. The predicted molar refractivity (Wildman–Crippen MR) is 88.2 cm³/mol. The van der Waals surface area contributed by atoms with Crippen molar-refractivity contribution in [1.29, 1.82) is 0 Å². The molecule has 118 valence electrons. The highest BCUT2D eigenvalue weighted by molar-refractivity contribution is 5.47. The van der Waals surface area contributed by atoms with Crippen molar-refractivity contribution >= 4 is 11.6 Å². The Balaban J connectivity index is 2.12. The zero-order chi connectivity index (χ0) is 15.5. The molecule has 0 atom stereocenters. The zero-order valence-electron chi connectivity index (χ0n) is 13.8. The predicted octanol–water partition coefficient (Wildman–Crippen LogP) is 3.44. The van der Waals surface area contributed by atoms with Crippen LogP contribution in [0.3, 0.4) is 0 Å². The van der Waals surface area contributed by atoms with Crippen LogP contribution in [0.2, 0.25) is 0 Å². The third-order valence-corrected chi connectivity index (χ3v) is 4.30. The molecule has 5 nitrogen and oxygen atoms in total. The minimum Gasteiger partial charge on any atom is -0.369 e. The minimum atomic E-state index is -0.0992. The summed E-state index contributed by atoms with van der Waals surface area (Å²) >= 11 is 0. The summed E-state index contributed by atoms with van der Waals surface area (Å²) in [6.07, 6.45) is 6.63. The highest BCUT2D eigenvalue weighted by Crippen LogP contribution is 2.35. The van der Waals surface area contributed by atoms with Crippen molar-refractivity contribution in [3.8, 4) is 0 Å². The molecule has 1 saturated carbocycles. The number of anilines is 2. The van der Waals surface area contributed by atoms with Crippen LogP contribution in [0.1, 0.15) is 65.6 Å². The molecule has 1 heterocycles. The van der Waals surface area contributed by atoms with E-state index >= 15 is 0 Å². The summed E-state index contributed by atoms with van der Waals surface area (Å²) in [5.74, 6) is 7.84. The zero-order valence-corrected chi connectivity index (χ0v) is 13.8. The van der Waals surface area contributed by atoms with E-state index in [9.17, 15) is 0 Å². The van der Waals surface area contributed by atoms with E-state index in [4.69, 9.17) is 5.84 Å². The fraction of sp³-hybridized carbons (Fsp3) is 0.750. The SMILES string of the molecule is CC1(CNc2cc(NN)nc(C(C)(C)C)n2)CCCCC1. The number of aromatic nitrogens is 2. The molecule has 1 aliphatic rings. The number of hydrazine groups is 1. The van der Waals surface area contributed by atoms with Gasteiger partial charge in [-0.15, -0.1) is 0 Å². The molecule has 0 spiro atoms. The molecule has 21 heavy (non-hydrogen) atoms. The van der Waals surface area contributed by atoms with Crippen molar-refractivity contribution in [3.05, 3.63) is 11.9 Å². The van der Waals surface area contributed by atoms with E-state index in [1.165, 1.54) is 32.1 Å². The molecule has 0 amide bonds. The Kier molecular flexibility index (Phi) is 4.71. The molecule has 1 aliphatic carbocycles. The lowest BCUT2D eigenvalue weighted by Gasteiger charge is -2.34. The van der Waals surface area contributed by atoms with Crippen LogP contribution in [0, 0.1) is 5.41 Å². The van der Waals surface area contributed by atoms with Gasteiger partial charge in [0.05, 0.1) is 0 Å². The maximum absolute atomic E-state index is 5.53. The lowest BCUT2D eigenvalue weighted by molar-refractivity contribution is 0.233. The number of hydrogen-bond donors (Lipinski definition) is 3. The van der Waals surface area contributed by atoms with Crippen molar-refractivity contribution in [3.63, 3.8) is 0 Å². The molecule has 1 aromatic rings. The minimum absolute atomic E-state index is 0.0992. The van der Waals surface area contributed by atoms with Gasteiger partial charge in [0.25, 0.3) is 0 Å². The van der Waals surface area contributed by atoms with Gasteiger partial charge in [0.15, 0.2) is 0 Å². The van der Waals surface area contributed by atoms with Gasteiger partial charge in [-0.05, 0) is 18.3 Å². The van der Waals surface area contributed by atoms with Crippen LogP contribution in [-0.4, -0.2) is 16.5 Å². The van der Waals surface area contributed by atoms with Gasteiger partial charge in [-0.2, -0.15) is 0 Å². The van der Waals surface area contributed by atoms with Gasteiger partial charge in [0.1, 0.15) is 17.5 Å². The van der Waals surface area contributed by atoms with Crippen molar-refractivity contribution < 1.29 is 0 Å². The van der Waals surface area contributed by atoms with Gasteiger partial charge < -0.3 is 10.7 Å². The Labute approximate surface area is 128 Å². The second-order valence-corrected chi connectivity index (χ2v) is 7.58. The molecular formula is C16H29N5. The van der Waals surface area contributed by atoms with E-state index in [0.29, 0.717) is 11.2 Å². The highest BCUT2D eigenvalue weighted by atomic mass is 15.3. The normalized spacial score (nSPS) is 18.3. The van der Waals surface area contributed by atoms with Gasteiger partial charge in [-0.1, -0.05) is 47.0 Å². The first-order chi connectivity index (χ1) is 9.82. The fourth-order valence-corrected chi connectivity index (χ4v) is 2.83. The van der Waals surface area contributed by atoms with Crippen molar-refractivity contribution in [2.75, 3.05) is 17.3 Å².